The molecule has 4 nitrogen and oxygen atoms in total. The predicted molar refractivity (Wildman–Crippen MR) is 85.7 cm³/mol. The molecule has 2 saturated heterocycles. The Morgan fingerprint density at radius 3 is 2.71 bits per heavy atom. The average Bonchev–Trinajstić information content (AvgIpc) is 3.12. The van der Waals surface area contributed by atoms with Crippen molar-refractivity contribution >= 4 is 21.7 Å². The molecular weight excluding hydrogens is 330 g/mol. The third-order valence-electron chi connectivity index (χ3n) is 4.84. The van der Waals surface area contributed by atoms with Gasteiger partial charge in [-0.2, -0.15) is 0 Å². The quantitative estimate of drug-likeness (QED) is 0.871. The Morgan fingerprint density at radius 1 is 1.24 bits per heavy atom. The lowest BCUT2D eigenvalue weighted by atomic mass is 9.88. The van der Waals surface area contributed by atoms with Crippen molar-refractivity contribution in [3.8, 4) is 0 Å². The summed E-state index contributed by atoms with van der Waals surface area (Å²) in [7, 11) is 0. The second-order valence-electron chi connectivity index (χ2n) is 6.55. The second kappa shape index (κ2) is 5.51. The normalized spacial score (nSPS) is 30.9. The molecule has 1 aromatic heterocycles. The smallest absolute Gasteiger partial charge is 0.144 e. The van der Waals surface area contributed by atoms with Gasteiger partial charge in [0.05, 0.1) is 22.4 Å². The topological polar surface area (TPSA) is 47.0 Å². The van der Waals surface area contributed by atoms with Crippen molar-refractivity contribution in [1.82, 2.24) is 9.97 Å². The zero-order valence-corrected chi connectivity index (χ0v) is 14.0. The Kier molecular flexibility index (Phi) is 3.66. The number of ether oxygens (including phenoxy) is 1. The number of anilines is 1. The molecule has 2 aliphatic heterocycles. The fraction of sp³-hybridized carbons (Fsp3) is 0.750. The van der Waals surface area contributed by atoms with Gasteiger partial charge in [0.2, 0.25) is 0 Å². The summed E-state index contributed by atoms with van der Waals surface area (Å²) in [6, 6.07) is 0. The summed E-state index contributed by atoms with van der Waals surface area (Å²) in [4.78, 5) is 9.76. The highest BCUT2D eigenvalue weighted by Crippen LogP contribution is 2.47. The summed E-state index contributed by atoms with van der Waals surface area (Å²) in [6.45, 7) is 3.13. The minimum atomic E-state index is 0.349. The van der Waals surface area contributed by atoms with Crippen LogP contribution in [0.4, 0.5) is 5.82 Å². The monoisotopic (exact) mass is 351 g/mol. The van der Waals surface area contributed by atoms with Gasteiger partial charge in [-0.15, -0.1) is 0 Å². The molecule has 0 radical (unpaired) electrons. The standard InChI is InChI=1S/C16H22BrN3O/c1-2-7-18-16-13(17)14(9-3-4-9)19-15(20-16)11-8-10-5-6-12(11)21-10/h9-12H,2-8H2,1H3,(H,18,19,20). The van der Waals surface area contributed by atoms with Crippen molar-refractivity contribution in [2.24, 2.45) is 0 Å². The first-order chi connectivity index (χ1) is 10.3. The summed E-state index contributed by atoms with van der Waals surface area (Å²) in [6.07, 6.45) is 7.90. The van der Waals surface area contributed by atoms with Crippen LogP contribution in [0.2, 0.25) is 0 Å². The molecule has 1 saturated carbocycles. The summed E-state index contributed by atoms with van der Waals surface area (Å²) < 4.78 is 7.07. The number of halogens is 1. The molecule has 3 atom stereocenters. The molecule has 3 aliphatic rings. The van der Waals surface area contributed by atoms with E-state index in [2.05, 4.69) is 28.2 Å². The third kappa shape index (κ3) is 2.59. The minimum absolute atomic E-state index is 0.349. The van der Waals surface area contributed by atoms with Crippen molar-refractivity contribution in [3.05, 3.63) is 16.0 Å². The molecular formula is C16H22BrN3O. The Bertz CT molecular complexity index is 547. The van der Waals surface area contributed by atoms with Gasteiger partial charge in [0.1, 0.15) is 11.6 Å². The first-order valence-electron chi connectivity index (χ1n) is 8.23. The van der Waals surface area contributed by atoms with Crippen LogP contribution < -0.4 is 5.32 Å². The van der Waals surface area contributed by atoms with Gasteiger partial charge in [0.25, 0.3) is 0 Å². The summed E-state index contributed by atoms with van der Waals surface area (Å²) in [5.74, 6) is 3.01. The van der Waals surface area contributed by atoms with E-state index in [1.807, 2.05) is 0 Å². The van der Waals surface area contributed by atoms with Crippen LogP contribution in [0.15, 0.2) is 4.47 Å². The van der Waals surface area contributed by atoms with Crippen LogP contribution in [0.1, 0.15) is 68.8 Å². The van der Waals surface area contributed by atoms with E-state index in [-0.39, 0.29) is 0 Å². The van der Waals surface area contributed by atoms with E-state index in [0.29, 0.717) is 24.0 Å². The maximum Gasteiger partial charge on any atom is 0.144 e. The minimum Gasteiger partial charge on any atom is -0.374 e. The highest BCUT2D eigenvalue weighted by molar-refractivity contribution is 9.10. The van der Waals surface area contributed by atoms with Crippen molar-refractivity contribution in [3.63, 3.8) is 0 Å². The predicted octanol–water partition coefficient (Wildman–Crippen LogP) is 3.97. The van der Waals surface area contributed by atoms with Crippen molar-refractivity contribution in [1.29, 1.82) is 0 Å². The molecule has 0 spiro atoms. The van der Waals surface area contributed by atoms with E-state index in [9.17, 15) is 0 Å². The van der Waals surface area contributed by atoms with Crippen LogP contribution in [0.5, 0.6) is 0 Å². The maximum absolute atomic E-state index is 5.99. The molecule has 0 amide bonds. The van der Waals surface area contributed by atoms with Gasteiger partial charge in [-0.05, 0) is 54.5 Å². The lowest BCUT2D eigenvalue weighted by molar-refractivity contribution is 0.0998. The molecule has 4 rings (SSSR count). The van der Waals surface area contributed by atoms with Gasteiger partial charge in [-0.1, -0.05) is 6.92 Å². The number of hydrogen-bond donors (Lipinski definition) is 1. The molecule has 5 heteroatoms. The maximum atomic E-state index is 5.99. The zero-order chi connectivity index (χ0) is 14.4. The van der Waals surface area contributed by atoms with Crippen molar-refractivity contribution in [2.45, 2.75) is 69.5 Å². The number of nitrogens with zero attached hydrogens (tertiary/aromatic N) is 2. The molecule has 3 fully saturated rings. The molecule has 1 N–H and O–H groups in total. The Balaban J connectivity index is 1.67. The fourth-order valence-electron chi connectivity index (χ4n) is 3.55. The Hall–Kier alpha value is -0.680. The van der Waals surface area contributed by atoms with Gasteiger partial charge in [0, 0.05) is 18.4 Å². The highest BCUT2D eigenvalue weighted by Gasteiger charge is 2.43. The number of rotatable bonds is 5. The number of aromatic nitrogens is 2. The lowest BCUT2D eigenvalue weighted by Gasteiger charge is -2.20. The molecule has 21 heavy (non-hydrogen) atoms. The average molecular weight is 352 g/mol. The van der Waals surface area contributed by atoms with Crippen LogP contribution in [0.25, 0.3) is 0 Å². The van der Waals surface area contributed by atoms with E-state index in [4.69, 9.17) is 14.7 Å². The third-order valence-corrected chi connectivity index (χ3v) is 5.62. The molecule has 1 aliphatic carbocycles. The molecule has 3 heterocycles. The van der Waals surface area contributed by atoms with E-state index in [0.717, 1.165) is 35.5 Å². The van der Waals surface area contributed by atoms with Crippen molar-refractivity contribution < 1.29 is 4.74 Å². The fourth-order valence-corrected chi connectivity index (χ4v) is 4.19. The SMILES string of the molecule is CCCNc1nc(C2CC3CCC2O3)nc(C2CC2)c1Br. The summed E-state index contributed by atoms with van der Waals surface area (Å²) in [5.41, 5.74) is 1.21. The van der Waals surface area contributed by atoms with E-state index < -0.39 is 0 Å². The van der Waals surface area contributed by atoms with E-state index >= 15 is 0 Å². The summed E-state index contributed by atoms with van der Waals surface area (Å²) in [5, 5.41) is 3.45. The Labute approximate surface area is 134 Å². The van der Waals surface area contributed by atoms with Crippen LogP contribution >= 0.6 is 15.9 Å². The second-order valence-corrected chi connectivity index (χ2v) is 7.34. The molecule has 0 aromatic carbocycles. The van der Waals surface area contributed by atoms with Crippen molar-refractivity contribution in [2.75, 3.05) is 11.9 Å². The van der Waals surface area contributed by atoms with Gasteiger partial charge >= 0.3 is 0 Å². The van der Waals surface area contributed by atoms with Gasteiger partial charge < -0.3 is 10.1 Å². The van der Waals surface area contributed by atoms with E-state index in [1.54, 1.807) is 0 Å². The molecule has 3 unspecified atom stereocenters. The van der Waals surface area contributed by atoms with Crippen LogP contribution in [-0.2, 0) is 4.74 Å². The number of hydrogen-bond acceptors (Lipinski definition) is 4. The van der Waals surface area contributed by atoms with Gasteiger partial charge in [-0.3, -0.25) is 0 Å². The number of fused-ring (bicyclic) bond motifs is 2. The first kappa shape index (κ1) is 13.9. The molecule has 114 valence electrons. The zero-order valence-electron chi connectivity index (χ0n) is 12.4. The van der Waals surface area contributed by atoms with Gasteiger partial charge in [-0.25, -0.2) is 9.97 Å². The van der Waals surface area contributed by atoms with Crippen LogP contribution in [0.3, 0.4) is 0 Å². The van der Waals surface area contributed by atoms with Crippen LogP contribution in [0, 0.1) is 0 Å². The highest BCUT2D eigenvalue weighted by atomic mass is 79.9. The summed E-state index contributed by atoms with van der Waals surface area (Å²) >= 11 is 3.72. The molecule has 2 bridgehead atoms. The molecule has 1 aromatic rings. The lowest BCUT2D eigenvalue weighted by Crippen LogP contribution is -2.19. The van der Waals surface area contributed by atoms with Crippen LogP contribution in [-0.4, -0.2) is 28.7 Å². The number of nitrogens with one attached hydrogen (secondary N) is 1. The largest absolute Gasteiger partial charge is 0.374 e. The Morgan fingerprint density at radius 2 is 2.10 bits per heavy atom. The van der Waals surface area contributed by atoms with E-state index in [1.165, 1.54) is 31.4 Å². The van der Waals surface area contributed by atoms with Gasteiger partial charge in [0.15, 0.2) is 0 Å². The first-order valence-corrected chi connectivity index (χ1v) is 9.02.